The number of hydrogen-bond acceptors (Lipinski definition) is 6. The van der Waals surface area contributed by atoms with Crippen LogP contribution >= 0.6 is 11.3 Å². The number of nitrogens with zero attached hydrogens (tertiary/aromatic N) is 2. The fourth-order valence-electron chi connectivity index (χ4n) is 2.21. The second kappa shape index (κ2) is 5.54. The number of carbonyl (C=O) groups is 1. The zero-order chi connectivity index (χ0) is 14.0. The Morgan fingerprint density at radius 1 is 1.74 bits per heavy atom. The van der Waals surface area contributed by atoms with Gasteiger partial charge in [-0.05, 0) is 13.8 Å². The van der Waals surface area contributed by atoms with Gasteiger partial charge in [-0.25, -0.2) is 4.98 Å². The van der Waals surface area contributed by atoms with E-state index in [9.17, 15) is 9.90 Å². The molecule has 6 nitrogen and oxygen atoms in total. The Hall–Kier alpha value is -1.02. The molecule has 1 saturated heterocycles. The third-order valence-electron chi connectivity index (χ3n) is 2.92. The van der Waals surface area contributed by atoms with Crippen LogP contribution in [0.1, 0.15) is 29.3 Å². The number of thiazole rings is 1. The minimum Gasteiger partial charge on any atom is -0.394 e. The molecule has 1 aromatic heterocycles. The molecule has 1 fully saturated rings. The molecule has 19 heavy (non-hydrogen) atoms. The SMILES string of the molecule is CC1(C)CN(C(=O)c2csc(CN)n2)CC(CO)O1. The van der Waals surface area contributed by atoms with Crippen molar-refractivity contribution in [3.05, 3.63) is 16.1 Å². The second-order valence-electron chi connectivity index (χ2n) is 5.20. The fraction of sp³-hybridized carbons (Fsp3) is 0.667. The van der Waals surface area contributed by atoms with Crippen molar-refractivity contribution in [1.29, 1.82) is 0 Å². The number of aliphatic hydroxyl groups is 1. The molecule has 0 spiro atoms. The second-order valence-corrected chi connectivity index (χ2v) is 6.14. The molecule has 1 unspecified atom stereocenters. The molecular formula is C12H19N3O3S. The van der Waals surface area contributed by atoms with E-state index in [1.807, 2.05) is 13.8 Å². The van der Waals surface area contributed by atoms with Gasteiger partial charge in [0.1, 0.15) is 10.7 Å². The number of nitrogens with two attached hydrogens (primary N) is 1. The summed E-state index contributed by atoms with van der Waals surface area (Å²) in [5, 5.41) is 11.7. The molecule has 2 rings (SSSR count). The minimum atomic E-state index is -0.464. The average Bonchev–Trinajstić information content (AvgIpc) is 2.84. The van der Waals surface area contributed by atoms with E-state index in [2.05, 4.69) is 4.98 Å². The van der Waals surface area contributed by atoms with Crippen LogP contribution in [0.5, 0.6) is 0 Å². The highest BCUT2D eigenvalue weighted by Gasteiger charge is 2.36. The van der Waals surface area contributed by atoms with Crippen LogP contribution in [0.3, 0.4) is 0 Å². The van der Waals surface area contributed by atoms with Crippen LogP contribution in [0.2, 0.25) is 0 Å². The first-order chi connectivity index (χ1) is 8.95. The lowest BCUT2D eigenvalue weighted by Crippen LogP contribution is -2.55. The first-order valence-electron chi connectivity index (χ1n) is 6.17. The van der Waals surface area contributed by atoms with E-state index < -0.39 is 5.60 Å². The van der Waals surface area contributed by atoms with Gasteiger partial charge in [-0.2, -0.15) is 0 Å². The van der Waals surface area contributed by atoms with Crippen LogP contribution in [-0.4, -0.2) is 52.3 Å². The average molecular weight is 285 g/mol. The number of rotatable bonds is 3. The Kier molecular flexibility index (Phi) is 4.19. The van der Waals surface area contributed by atoms with Gasteiger partial charge in [0.2, 0.25) is 0 Å². The van der Waals surface area contributed by atoms with Crippen molar-refractivity contribution >= 4 is 17.2 Å². The molecule has 0 radical (unpaired) electrons. The Bertz CT molecular complexity index is 461. The van der Waals surface area contributed by atoms with Crippen LogP contribution in [-0.2, 0) is 11.3 Å². The smallest absolute Gasteiger partial charge is 0.273 e. The highest BCUT2D eigenvalue weighted by molar-refractivity contribution is 7.09. The maximum Gasteiger partial charge on any atom is 0.273 e. The maximum atomic E-state index is 12.4. The predicted molar refractivity (Wildman–Crippen MR) is 71.9 cm³/mol. The highest BCUT2D eigenvalue weighted by atomic mass is 32.1. The van der Waals surface area contributed by atoms with Crippen molar-refractivity contribution in [3.63, 3.8) is 0 Å². The van der Waals surface area contributed by atoms with Gasteiger partial charge in [0.15, 0.2) is 0 Å². The van der Waals surface area contributed by atoms with Crippen molar-refractivity contribution < 1.29 is 14.6 Å². The van der Waals surface area contributed by atoms with Crippen LogP contribution in [0, 0.1) is 0 Å². The number of ether oxygens (including phenoxy) is 1. The zero-order valence-corrected chi connectivity index (χ0v) is 11.9. The number of amides is 1. The quantitative estimate of drug-likeness (QED) is 0.829. The third kappa shape index (κ3) is 3.30. The Labute approximate surface area is 116 Å². The zero-order valence-electron chi connectivity index (χ0n) is 11.1. The molecule has 1 aliphatic heterocycles. The van der Waals surface area contributed by atoms with Gasteiger partial charge in [0, 0.05) is 25.0 Å². The summed E-state index contributed by atoms with van der Waals surface area (Å²) >= 11 is 1.38. The molecule has 3 N–H and O–H groups in total. The van der Waals surface area contributed by atoms with E-state index in [4.69, 9.17) is 10.5 Å². The van der Waals surface area contributed by atoms with Gasteiger partial charge in [-0.3, -0.25) is 4.79 Å². The van der Waals surface area contributed by atoms with Crippen molar-refractivity contribution in [2.45, 2.75) is 32.1 Å². The van der Waals surface area contributed by atoms with Crippen molar-refractivity contribution in [2.75, 3.05) is 19.7 Å². The molecule has 0 aromatic carbocycles. The van der Waals surface area contributed by atoms with Crippen LogP contribution in [0.25, 0.3) is 0 Å². The van der Waals surface area contributed by atoms with Gasteiger partial charge < -0.3 is 20.5 Å². The topological polar surface area (TPSA) is 88.7 Å². The largest absolute Gasteiger partial charge is 0.394 e. The van der Waals surface area contributed by atoms with Crippen LogP contribution < -0.4 is 5.73 Å². The van der Waals surface area contributed by atoms with Gasteiger partial charge in [-0.15, -0.1) is 11.3 Å². The van der Waals surface area contributed by atoms with Crippen LogP contribution in [0.15, 0.2) is 5.38 Å². The molecule has 0 aliphatic carbocycles. The molecule has 2 heterocycles. The number of morpholine rings is 1. The van der Waals surface area contributed by atoms with Gasteiger partial charge >= 0.3 is 0 Å². The molecule has 1 atom stereocenters. The van der Waals surface area contributed by atoms with E-state index in [-0.39, 0.29) is 18.6 Å². The first kappa shape index (κ1) is 14.4. The molecule has 7 heteroatoms. The van der Waals surface area contributed by atoms with Crippen molar-refractivity contribution in [1.82, 2.24) is 9.88 Å². The molecule has 1 amide bonds. The Morgan fingerprint density at radius 3 is 3.05 bits per heavy atom. The predicted octanol–water partition coefficient (Wildman–Crippen LogP) is 0.214. The first-order valence-corrected chi connectivity index (χ1v) is 7.05. The summed E-state index contributed by atoms with van der Waals surface area (Å²) in [5.41, 5.74) is 5.45. The van der Waals surface area contributed by atoms with E-state index in [1.54, 1.807) is 10.3 Å². The Morgan fingerprint density at radius 2 is 2.47 bits per heavy atom. The van der Waals surface area contributed by atoms with Gasteiger partial charge in [0.05, 0.1) is 18.3 Å². The summed E-state index contributed by atoms with van der Waals surface area (Å²) in [6.07, 6.45) is -0.347. The van der Waals surface area contributed by atoms with Crippen molar-refractivity contribution in [3.8, 4) is 0 Å². The highest BCUT2D eigenvalue weighted by Crippen LogP contribution is 2.22. The number of hydrogen-bond donors (Lipinski definition) is 2. The standard InChI is InChI=1S/C12H19N3O3S/c1-12(2)7-15(4-8(5-16)18-12)11(17)9-6-19-10(3-13)14-9/h6,8,16H,3-5,7,13H2,1-2H3. The van der Waals surface area contributed by atoms with E-state index in [0.717, 1.165) is 5.01 Å². The van der Waals surface area contributed by atoms with Gasteiger partial charge in [0.25, 0.3) is 5.91 Å². The lowest BCUT2D eigenvalue weighted by atomic mass is 10.0. The maximum absolute atomic E-state index is 12.4. The normalized spacial score (nSPS) is 22.5. The fourth-order valence-corrected chi connectivity index (χ4v) is 2.86. The summed E-state index contributed by atoms with van der Waals surface area (Å²) in [4.78, 5) is 18.3. The van der Waals surface area contributed by atoms with Gasteiger partial charge in [-0.1, -0.05) is 0 Å². The van der Waals surface area contributed by atoms with E-state index in [1.165, 1.54) is 11.3 Å². The molecular weight excluding hydrogens is 266 g/mol. The number of aromatic nitrogens is 1. The lowest BCUT2D eigenvalue weighted by molar-refractivity contribution is -0.139. The van der Waals surface area contributed by atoms with E-state index >= 15 is 0 Å². The third-order valence-corrected chi connectivity index (χ3v) is 3.79. The molecule has 0 saturated carbocycles. The van der Waals surface area contributed by atoms with Crippen LogP contribution in [0.4, 0.5) is 0 Å². The monoisotopic (exact) mass is 285 g/mol. The summed E-state index contributed by atoms with van der Waals surface area (Å²) < 4.78 is 5.68. The summed E-state index contributed by atoms with van der Waals surface area (Å²) in [5.74, 6) is -0.134. The summed E-state index contributed by atoms with van der Waals surface area (Å²) in [6.45, 7) is 4.92. The van der Waals surface area contributed by atoms with Crippen molar-refractivity contribution in [2.24, 2.45) is 5.73 Å². The Balaban J connectivity index is 2.13. The van der Waals surface area contributed by atoms with E-state index in [0.29, 0.717) is 25.3 Å². The number of aliphatic hydroxyl groups excluding tert-OH is 1. The lowest BCUT2D eigenvalue weighted by Gasteiger charge is -2.42. The number of carbonyl (C=O) groups excluding carboxylic acids is 1. The molecule has 106 valence electrons. The molecule has 1 aromatic rings. The molecule has 0 bridgehead atoms. The molecule has 1 aliphatic rings. The summed E-state index contributed by atoms with van der Waals surface area (Å²) in [7, 11) is 0. The minimum absolute atomic E-state index is 0.0989. The summed E-state index contributed by atoms with van der Waals surface area (Å²) in [6, 6.07) is 0.